The molecule has 0 radical (unpaired) electrons. The fourth-order valence-electron chi connectivity index (χ4n) is 1.24. The second-order valence-corrected chi connectivity index (χ2v) is 3.33. The summed E-state index contributed by atoms with van der Waals surface area (Å²) in [6, 6.07) is 0. The summed E-state index contributed by atoms with van der Waals surface area (Å²) in [5.74, 6) is 2.39. The Morgan fingerprint density at radius 1 is 1.50 bits per heavy atom. The van der Waals surface area contributed by atoms with Crippen molar-refractivity contribution >= 4 is 0 Å². The first-order valence-electron chi connectivity index (χ1n) is 4.28. The number of aromatic nitrogens is 3. The van der Waals surface area contributed by atoms with Gasteiger partial charge < -0.3 is 4.74 Å². The zero-order valence-electron chi connectivity index (χ0n) is 7.45. The summed E-state index contributed by atoms with van der Waals surface area (Å²) in [6.45, 7) is 5.54. The van der Waals surface area contributed by atoms with Crippen molar-refractivity contribution in [2.75, 3.05) is 6.61 Å². The second kappa shape index (κ2) is 2.86. The van der Waals surface area contributed by atoms with E-state index in [-0.39, 0.29) is 0 Å². The molecule has 0 fully saturated rings. The van der Waals surface area contributed by atoms with Crippen LogP contribution in [-0.2, 0) is 17.9 Å². The smallest absolute Gasteiger partial charge is 0.153 e. The minimum absolute atomic E-state index is 0.406. The molecular weight excluding hydrogens is 154 g/mol. The van der Waals surface area contributed by atoms with Crippen molar-refractivity contribution < 1.29 is 4.74 Å². The van der Waals surface area contributed by atoms with Crippen LogP contribution < -0.4 is 0 Å². The van der Waals surface area contributed by atoms with Crippen molar-refractivity contribution in [2.24, 2.45) is 0 Å². The van der Waals surface area contributed by atoms with E-state index in [0.717, 1.165) is 24.7 Å². The van der Waals surface area contributed by atoms with Crippen LogP contribution in [0.25, 0.3) is 0 Å². The molecule has 1 aliphatic heterocycles. The Bertz CT molecular complexity index is 256. The largest absolute Gasteiger partial charge is 0.359 e. The van der Waals surface area contributed by atoms with Gasteiger partial charge in [0.25, 0.3) is 0 Å². The van der Waals surface area contributed by atoms with E-state index in [9.17, 15) is 0 Å². The molecule has 1 aromatic heterocycles. The van der Waals surface area contributed by atoms with Gasteiger partial charge in [-0.15, -0.1) is 0 Å². The molecule has 4 nitrogen and oxygen atoms in total. The lowest BCUT2D eigenvalue weighted by atomic mass is 10.2. The molecule has 2 rings (SSSR count). The third kappa shape index (κ3) is 1.22. The van der Waals surface area contributed by atoms with Gasteiger partial charge >= 0.3 is 0 Å². The predicted octanol–water partition coefficient (Wildman–Crippen LogP) is 0.932. The maximum atomic E-state index is 5.25. The Hall–Kier alpha value is -0.900. The predicted molar refractivity (Wildman–Crippen MR) is 43.8 cm³/mol. The quantitative estimate of drug-likeness (QED) is 0.624. The molecule has 66 valence electrons. The molecule has 12 heavy (non-hydrogen) atoms. The van der Waals surface area contributed by atoms with Gasteiger partial charge in [-0.2, -0.15) is 5.10 Å². The third-order valence-corrected chi connectivity index (χ3v) is 1.96. The fraction of sp³-hybridized carbons (Fsp3) is 0.750. The Balaban J connectivity index is 2.32. The molecule has 2 heterocycles. The van der Waals surface area contributed by atoms with E-state index in [1.54, 1.807) is 0 Å². The number of nitrogens with zero attached hydrogens (tertiary/aromatic N) is 3. The summed E-state index contributed by atoms with van der Waals surface area (Å²) in [6.07, 6.45) is 0.889. The van der Waals surface area contributed by atoms with E-state index in [1.807, 2.05) is 4.68 Å². The minimum atomic E-state index is 0.406. The van der Waals surface area contributed by atoms with Crippen molar-refractivity contribution in [3.05, 3.63) is 11.6 Å². The highest BCUT2D eigenvalue weighted by atomic mass is 16.5. The molecule has 1 aliphatic rings. The molecule has 1 aromatic rings. The van der Waals surface area contributed by atoms with Crippen LogP contribution in [0.5, 0.6) is 0 Å². The van der Waals surface area contributed by atoms with Crippen molar-refractivity contribution in [1.82, 2.24) is 14.8 Å². The lowest BCUT2D eigenvalue weighted by Gasteiger charge is -2.11. The van der Waals surface area contributed by atoms with Gasteiger partial charge in [-0.1, -0.05) is 13.8 Å². The van der Waals surface area contributed by atoms with E-state index in [2.05, 4.69) is 23.9 Å². The minimum Gasteiger partial charge on any atom is -0.359 e. The first-order chi connectivity index (χ1) is 5.77. The van der Waals surface area contributed by atoms with Gasteiger partial charge in [-0.3, -0.25) is 0 Å². The van der Waals surface area contributed by atoms with Crippen LogP contribution >= 0.6 is 0 Å². The molecule has 0 saturated carbocycles. The Morgan fingerprint density at radius 2 is 2.33 bits per heavy atom. The Morgan fingerprint density at radius 3 is 3.00 bits per heavy atom. The number of fused-ring (bicyclic) bond motifs is 1. The van der Waals surface area contributed by atoms with E-state index in [4.69, 9.17) is 4.74 Å². The average molecular weight is 167 g/mol. The zero-order chi connectivity index (χ0) is 8.55. The van der Waals surface area contributed by atoms with Crippen LogP contribution in [0.2, 0.25) is 0 Å². The number of ether oxygens (including phenoxy) is 1. The van der Waals surface area contributed by atoms with Crippen molar-refractivity contribution in [3.63, 3.8) is 0 Å². The molecule has 0 aliphatic carbocycles. The normalized spacial score (nSPS) is 16.6. The summed E-state index contributed by atoms with van der Waals surface area (Å²) in [4.78, 5) is 4.42. The second-order valence-electron chi connectivity index (χ2n) is 3.33. The SMILES string of the molecule is CC(C)c1nc2n(n1)COCC2. The first-order valence-corrected chi connectivity index (χ1v) is 4.28. The van der Waals surface area contributed by atoms with Crippen molar-refractivity contribution in [3.8, 4) is 0 Å². The van der Waals surface area contributed by atoms with E-state index in [0.29, 0.717) is 12.6 Å². The molecule has 0 bridgehead atoms. The van der Waals surface area contributed by atoms with Gasteiger partial charge in [0.15, 0.2) is 5.82 Å². The summed E-state index contributed by atoms with van der Waals surface area (Å²) in [7, 11) is 0. The van der Waals surface area contributed by atoms with Crippen LogP contribution in [0.15, 0.2) is 0 Å². The van der Waals surface area contributed by atoms with Crippen molar-refractivity contribution in [1.29, 1.82) is 0 Å². The number of rotatable bonds is 1. The van der Waals surface area contributed by atoms with Crippen LogP contribution in [-0.4, -0.2) is 21.4 Å². The van der Waals surface area contributed by atoms with E-state index in [1.165, 1.54) is 0 Å². The van der Waals surface area contributed by atoms with Crippen LogP contribution in [0.1, 0.15) is 31.4 Å². The summed E-state index contributed by atoms with van der Waals surface area (Å²) in [5, 5.41) is 4.33. The molecule has 0 atom stereocenters. The topological polar surface area (TPSA) is 39.9 Å². The van der Waals surface area contributed by atoms with Gasteiger partial charge in [0.05, 0.1) is 6.61 Å². The van der Waals surface area contributed by atoms with E-state index < -0.39 is 0 Å². The van der Waals surface area contributed by atoms with Crippen molar-refractivity contribution in [2.45, 2.75) is 32.9 Å². The van der Waals surface area contributed by atoms with Crippen LogP contribution in [0.3, 0.4) is 0 Å². The fourth-order valence-corrected chi connectivity index (χ4v) is 1.24. The molecule has 0 N–H and O–H groups in total. The molecule has 4 heteroatoms. The van der Waals surface area contributed by atoms with E-state index >= 15 is 0 Å². The van der Waals surface area contributed by atoms with Gasteiger partial charge in [-0.25, -0.2) is 9.67 Å². The van der Waals surface area contributed by atoms with Gasteiger partial charge in [0.1, 0.15) is 12.6 Å². The Labute approximate surface area is 71.6 Å². The average Bonchev–Trinajstić information content (AvgIpc) is 2.46. The van der Waals surface area contributed by atoms with Crippen LogP contribution in [0, 0.1) is 0 Å². The maximum absolute atomic E-state index is 5.25. The molecule has 0 saturated heterocycles. The lowest BCUT2D eigenvalue weighted by Crippen LogP contribution is -2.17. The summed E-state index contributed by atoms with van der Waals surface area (Å²) in [5.41, 5.74) is 0. The number of hydrogen-bond donors (Lipinski definition) is 0. The standard InChI is InChI=1S/C8H13N3O/c1-6(2)8-9-7-3-4-12-5-11(7)10-8/h6H,3-5H2,1-2H3. The zero-order valence-corrected chi connectivity index (χ0v) is 7.45. The number of hydrogen-bond acceptors (Lipinski definition) is 3. The molecule has 0 aromatic carbocycles. The maximum Gasteiger partial charge on any atom is 0.153 e. The highest BCUT2D eigenvalue weighted by Crippen LogP contribution is 2.12. The molecule has 0 spiro atoms. The third-order valence-electron chi connectivity index (χ3n) is 1.96. The van der Waals surface area contributed by atoms with Gasteiger partial charge in [0.2, 0.25) is 0 Å². The molecule has 0 amide bonds. The monoisotopic (exact) mass is 167 g/mol. The summed E-state index contributed by atoms with van der Waals surface area (Å²) < 4.78 is 7.10. The van der Waals surface area contributed by atoms with Crippen LogP contribution in [0.4, 0.5) is 0 Å². The molecular formula is C8H13N3O. The van der Waals surface area contributed by atoms with Gasteiger partial charge in [0, 0.05) is 12.3 Å². The van der Waals surface area contributed by atoms with Gasteiger partial charge in [-0.05, 0) is 0 Å². The highest BCUT2D eigenvalue weighted by Gasteiger charge is 2.15. The lowest BCUT2D eigenvalue weighted by molar-refractivity contribution is 0.0464. The molecule has 0 unspecified atom stereocenters. The first kappa shape index (κ1) is 7.73. The highest BCUT2D eigenvalue weighted by molar-refractivity contribution is 4.98. The summed E-state index contributed by atoms with van der Waals surface area (Å²) >= 11 is 0. The Kier molecular flexibility index (Phi) is 1.84.